The number of carboxylic acid groups (broad SMARTS) is 2. The number of nitrogens with one attached hydrogen (secondary N) is 1. The maximum Gasteiger partial charge on any atom is 0.352 e. The molecular weight excluding hydrogens is 412 g/mol. The zero-order valence-corrected chi connectivity index (χ0v) is 15.7. The number of hydrogen-bond donors (Lipinski definition) is 4. The molecule has 3 aliphatic rings. The van der Waals surface area contributed by atoms with Crippen molar-refractivity contribution >= 4 is 51.5 Å². The van der Waals surface area contributed by atoms with E-state index in [1.807, 2.05) is 0 Å². The summed E-state index contributed by atoms with van der Waals surface area (Å²) in [6, 6.07) is -0.984. The Bertz CT molecular complexity index is 937. The lowest BCUT2D eigenvalue weighted by atomic mass is 10.0. The molecule has 28 heavy (non-hydrogen) atoms. The van der Waals surface area contributed by atoms with Crippen LogP contribution in [0.2, 0.25) is 0 Å². The predicted molar refractivity (Wildman–Crippen MR) is 98.9 cm³/mol. The summed E-state index contributed by atoms with van der Waals surface area (Å²) in [5, 5.41) is 20.8. The molecule has 1 fully saturated rings. The number of nitrogens with zero attached hydrogens (tertiary/aromatic N) is 2. The fourth-order valence-electron chi connectivity index (χ4n) is 2.74. The molecule has 3 rings (SSSR count). The summed E-state index contributed by atoms with van der Waals surface area (Å²) in [5.41, 5.74) is 5.07. The van der Waals surface area contributed by atoms with E-state index >= 15 is 0 Å². The van der Waals surface area contributed by atoms with Crippen molar-refractivity contribution in [3.63, 3.8) is 0 Å². The third kappa shape index (κ3) is 3.57. The second-order valence-electron chi connectivity index (χ2n) is 5.74. The fraction of sp³-hybridized carbons (Fsp3) is 0.267. The molecule has 13 heteroatoms. The number of carboxylic acids is 2. The molecule has 1 unspecified atom stereocenters. The molecule has 0 aromatic carbocycles. The van der Waals surface area contributed by atoms with E-state index < -0.39 is 52.4 Å². The Kier molecular flexibility index (Phi) is 5.38. The molecule has 3 heterocycles. The van der Waals surface area contributed by atoms with E-state index in [0.717, 1.165) is 16.4 Å². The predicted octanol–water partition coefficient (Wildman–Crippen LogP) is -1.33. The highest BCUT2D eigenvalue weighted by Gasteiger charge is 2.53. The smallest absolute Gasteiger partial charge is 0.352 e. The molecule has 3 aliphatic heterocycles. The Morgan fingerprint density at radius 1 is 1.43 bits per heavy atom. The maximum absolute atomic E-state index is 12.7. The molecule has 3 atom stereocenters. The molecular formula is C15H14N4O7S2. The van der Waals surface area contributed by atoms with Crippen molar-refractivity contribution in [3.8, 4) is 0 Å². The molecule has 11 nitrogen and oxygen atoms in total. The minimum absolute atomic E-state index is 0.0550. The van der Waals surface area contributed by atoms with Crippen molar-refractivity contribution in [3.05, 3.63) is 34.5 Å². The van der Waals surface area contributed by atoms with E-state index in [1.165, 1.54) is 17.8 Å². The number of amidine groups is 1. The highest BCUT2D eigenvalue weighted by molar-refractivity contribution is 8.03. The normalized spacial score (nSPS) is 26.5. The Morgan fingerprint density at radius 2 is 2.14 bits per heavy atom. The van der Waals surface area contributed by atoms with E-state index in [1.54, 1.807) is 0 Å². The molecule has 0 aromatic heterocycles. The molecule has 0 saturated carbocycles. The second-order valence-corrected chi connectivity index (χ2v) is 8.14. The molecule has 2 amide bonds. The van der Waals surface area contributed by atoms with Crippen molar-refractivity contribution in [1.82, 2.24) is 10.2 Å². The number of β-lactam (4-membered cyclic amide) rings is 1. The van der Waals surface area contributed by atoms with E-state index in [9.17, 15) is 23.4 Å². The van der Waals surface area contributed by atoms with Gasteiger partial charge in [-0.2, -0.15) is 0 Å². The van der Waals surface area contributed by atoms with Crippen molar-refractivity contribution < 1.29 is 33.6 Å². The van der Waals surface area contributed by atoms with Gasteiger partial charge in [-0.1, -0.05) is 6.08 Å². The monoisotopic (exact) mass is 426 g/mol. The van der Waals surface area contributed by atoms with Crippen molar-refractivity contribution in [2.75, 3.05) is 5.75 Å². The van der Waals surface area contributed by atoms with E-state index in [4.69, 9.17) is 15.9 Å². The number of aliphatic carboxylic acids is 2. The molecule has 0 radical (unpaired) electrons. The Labute approximate surface area is 164 Å². The van der Waals surface area contributed by atoms with Gasteiger partial charge in [0.15, 0.2) is 5.17 Å². The summed E-state index contributed by atoms with van der Waals surface area (Å²) in [6.45, 7) is 0. The van der Waals surface area contributed by atoms with Gasteiger partial charge in [-0.3, -0.25) is 19.3 Å². The van der Waals surface area contributed by atoms with Crippen LogP contribution in [0.4, 0.5) is 0 Å². The lowest BCUT2D eigenvalue weighted by molar-refractivity contribution is -0.150. The Hall–Kier alpha value is -2.93. The fourth-order valence-corrected chi connectivity index (χ4v) is 4.62. The number of aliphatic imine (C=N–C) groups is 1. The quantitative estimate of drug-likeness (QED) is 0.296. The van der Waals surface area contributed by atoms with Crippen LogP contribution in [0.1, 0.15) is 6.42 Å². The van der Waals surface area contributed by atoms with Crippen LogP contribution in [0, 0.1) is 0 Å². The zero-order valence-electron chi connectivity index (χ0n) is 14.0. The number of rotatable bonds is 6. The van der Waals surface area contributed by atoms with Crippen LogP contribution in [0.3, 0.4) is 0 Å². The van der Waals surface area contributed by atoms with Crippen LogP contribution in [-0.4, -0.2) is 65.4 Å². The number of carbonyl (C=O) groups is 4. The molecule has 5 N–H and O–H groups in total. The van der Waals surface area contributed by atoms with Gasteiger partial charge < -0.3 is 21.3 Å². The minimum atomic E-state index is -1.73. The molecule has 0 bridgehead atoms. The Morgan fingerprint density at radius 3 is 2.71 bits per heavy atom. The van der Waals surface area contributed by atoms with Gasteiger partial charge in [0.1, 0.15) is 27.9 Å². The number of amides is 2. The highest BCUT2D eigenvalue weighted by Crippen LogP contribution is 2.37. The SMILES string of the molecule is NC1=NC(/C(=C/CC(=O)O)C(=O)N[C@@H]2C(=O)N3C(C(=O)O)=CCS[C@H]23)=CS1=O. The van der Waals surface area contributed by atoms with Crippen LogP contribution in [-0.2, 0) is 30.0 Å². The van der Waals surface area contributed by atoms with Gasteiger partial charge in [0.25, 0.3) is 11.8 Å². The van der Waals surface area contributed by atoms with Crippen molar-refractivity contribution in [1.29, 1.82) is 0 Å². The number of hydrogen-bond acceptors (Lipinski definition) is 8. The molecule has 0 aromatic rings. The summed E-state index contributed by atoms with van der Waals surface area (Å²) < 4.78 is 11.7. The zero-order chi connectivity index (χ0) is 20.6. The lowest BCUT2D eigenvalue weighted by Gasteiger charge is -2.48. The largest absolute Gasteiger partial charge is 0.481 e. The average Bonchev–Trinajstić information content (AvgIpc) is 2.97. The first-order chi connectivity index (χ1) is 13.2. The van der Waals surface area contributed by atoms with E-state index in [2.05, 4.69) is 10.3 Å². The molecule has 0 aliphatic carbocycles. The number of carbonyl (C=O) groups excluding carboxylic acids is 2. The van der Waals surface area contributed by atoms with Gasteiger partial charge >= 0.3 is 11.9 Å². The van der Waals surface area contributed by atoms with E-state index in [-0.39, 0.29) is 22.1 Å². The van der Waals surface area contributed by atoms with Gasteiger partial charge in [-0.05, 0) is 6.08 Å². The van der Waals surface area contributed by atoms with Gasteiger partial charge in [-0.25, -0.2) is 14.0 Å². The number of fused-ring (bicyclic) bond motifs is 1. The van der Waals surface area contributed by atoms with E-state index in [0.29, 0.717) is 5.75 Å². The summed E-state index contributed by atoms with van der Waals surface area (Å²) in [4.78, 5) is 52.0. The first kappa shape index (κ1) is 19.8. The maximum atomic E-state index is 12.7. The van der Waals surface area contributed by atoms with Crippen LogP contribution in [0.15, 0.2) is 39.5 Å². The molecule has 1 saturated heterocycles. The summed E-state index contributed by atoms with van der Waals surface area (Å²) in [5.74, 6) is -3.48. The first-order valence-corrected chi connectivity index (χ1v) is 10.0. The minimum Gasteiger partial charge on any atom is -0.481 e. The molecule has 0 spiro atoms. The standard InChI is InChI=1S/C15H14N4O7S2/c16-15-17-7(5-28(15)26)6(1-2-9(20)21)11(22)18-10-12(23)19-8(14(24)25)3-4-27-13(10)19/h1,3,5,10,13H,2,4H2,(H2,16,17)(H,18,22)(H,20,21)(H,24,25)/b6-1-/t10-,13-,28?/m1/s1. The highest BCUT2D eigenvalue weighted by atomic mass is 32.2. The third-order valence-corrected chi connectivity index (χ3v) is 6.13. The second kappa shape index (κ2) is 7.59. The average molecular weight is 426 g/mol. The number of thioether (sulfide) groups is 1. The number of nitrogens with two attached hydrogens (primary N) is 1. The van der Waals surface area contributed by atoms with Gasteiger partial charge in [-0.15, -0.1) is 11.8 Å². The van der Waals surface area contributed by atoms with Crippen molar-refractivity contribution in [2.24, 2.45) is 10.7 Å². The van der Waals surface area contributed by atoms with Crippen LogP contribution in [0.5, 0.6) is 0 Å². The summed E-state index contributed by atoms with van der Waals surface area (Å²) >= 11 is 1.28. The topological polar surface area (TPSA) is 179 Å². The molecule has 148 valence electrons. The summed E-state index contributed by atoms with van der Waals surface area (Å²) in [6.07, 6.45) is 1.99. The van der Waals surface area contributed by atoms with Crippen molar-refractivity contribution in [2.45, 2.75) is 17.8 Å². The van der Waals surface area contributed by atoms with Crippen LogP contribution >= 0.6 is 11.8 Å². The first-order valence-electron chi connectivity index (χ1n) is 7.78. The third-order valence-electron chi connectivity index (χ3n) is 4.01. The van der Waals surface area contributed by atoms with Gasteiger partial charge in [0.05, 0.1) is 17.7 Å². The summed E-state index contributed by atoms with van der Waals surface area (Å²) in [7, 11) is -1.73. The van der Waals surface area contributed by atoms with Crippen LogP contribution in [0.25, 0.3) is 0 Å². The lowest BCUT2D eigenvalue weighted by Crippen LogP contribution is -2.70. The van der Waals surface area contributed by atoms with Gasteiger partial charge in [0, 0.05) is 11.2 Å². The van der Waals surface area contributed by atoms with Gasteiger partial charge in [0.2, 0.25) is 0 Å². The van der Waals surface area contributed by atoms with Crippen LogP contribution < -0.4 is 11.1 Å². The Balaban J connectivity index is 1.79.